The van der Waals surface area contributed by atoms with Crippen molar-refractivity contribution < 1.29 is 14.3 Å². The van der Waals surface area contributed by atoms with Crippen LogP contribution < -0.4 is 10.2 Å². The molecule has 22 heavy (non-hydrogen) atoms. The van der Waals surface area contributed by atoms with Gasteiger partial charge in [0, 0.05) is 38.9 Å². The summed E-state index contributed by atoms with van der Waals surface area (Å²) in [7, 11) is 1.68. The molecule has 1 aliphatic rings. The Hall–Kier alpha value is -1.92. The Balaban J connectivity index is 1.68. The molecular formula is C16H23N3O3. The first-order valence-electron chi connectivity index (χ1n) is 7.55. The van der Waals surface area contributed by atoms with Crippen molar-refractivity contribution >= 4 is 17.5 Å². The molecule has 1 heterocycles. The maximum Gasteiger partial charge on any atom is 0.236 e. The number of para-hydroxylation sites is 1. The Morgan fingerprint density at radius 2 is 1.91 bits per heavy atom. The monoisotopic (exact) mass is 305 g/mol. The molecule has 2 amide bonds. The number of hydrogen-bond acceptors (Lipinski definition) is 4. The van der Waals surface area contributed by atoms with Crippen molar-refractivity contribution in [3.63, 3.8) is 0 Å². The molecule has 0 spiro atoms. The Morgan fingerprint density at radius 1 is 1.23 bits per heavy atom. The summed E-state index contributed by atoms with van der Waals surface area (Å²) >= 11 is 0. The lowest BCUT2D eigenvalue weighted by atomic mass is 10.2. The molecule has 6 heteroatoms. The molecule has 120 valence electrons. The van der Waals surface area contributed by atoms with Crippen LogP contribution in [0.15, 0.2) is 30.3 Å². The van der Waals surface area contributed by atoms with Crippen LogP contribution in [0.5, 0.6) is 0 Å². The lowest BCUT2D eigenvalue weighted by Gasteiger charge is -2.26. The van der Waals surface area contributed by atoms with Crippen molar-refractivity contribution in [2.75, 3.05) is 51.3 Å². The van der Waals surface area contributed by atoms with E-state index in [1.54, 1.807) is 7.05 Å². The van der Waals surface area contributed by atoms with Crippen molar-refractivity contribution in [3.8, 4) is 0 Å². The zero-order valence-electron chi connectivity index (χ0n) is 13.0. The van der Waals surface area contributed by atoms with Gasteiger partial charge in [0.1, 0.15) is 6.42 Å². The minimum absolute atomic E-state index is 0.130. The lowest BCUT2D eigenvalue weighted by Crippen LogP contribution is -2.42. The van der Waals surface area contributed by atoms with E-state index in [1.165, 1.54) is 4.90 Å². The molecule has 0 atom stereocenters. The van der Waals surface area contributed by atoms with E-state index in [0.29, 0.717) is 6.54 Å². The topological polar surface area (TPSA) is 61.9 Å². The van der Waals surface area contributed by atoms with E-state index in [1.807, 2.05) is 30.3 Å². The normalized spacial score (nSPS) is 15.3. The average molecular weight is 305 g/mol. The first-order valence-corrected chi connectivity index (χ1v) is 7.55. The van der Waals surface area contributed by atoms with E-state index in [9.17, 15) is 9.59 Å². The van der Waals surface area contributed by atoms with Crippen molar-refractivity contribution in [3.05, 3.63) is 30.3 Å². The predicted molar refractivity (Wildman–Crippen MR) is 84.7 cm³/mol. The fourth-order valence-electron chi connectivity index (χ4n) is 2.29. The lowest BCUT2D eigenvalue weighted by molar-refractivity contribution is -0.127. The minimum Gasteiger partial charge on any atom is -0.379 e. The van der Waals surface area contributed by atoms with Gasteiger partial charge in [0.15, 0.2) is 0 Å². The van der Waals surface area contributed by atoms with Crippen LogP contribution in [-0.4, -0.2) is 63.2 Å². The SMILES string of the molecule is CN(C(=O)CC(=O)NCCN1CCOCC1)c1ccccc1. The first kappa shape index (κ1) is 16.5. The van der Waals surface area contributed by atoms with Gasteiger partial charge in [0.2, 0.25) is 11.8 Å². The van der Waals surface area contributed by atoms with Crippen LogP contribution in [0.25, 0.3) is 0 Å². The Bertz CT molecular complexity index is 487. The van der Waals surface area contributed by atoms with Gasteiger partial charge in [0.25, 0.3) is 0 Å². The van der Waals surface area contributed by atoms with Gasteiger partial charge in [-0.2, -0.15) is 0 Å². The highest BCUT2D eigenvalue weighted by atomic mass is 16.5. The molecule has 1 fully saturated rings. The molecule has 0 unspecified atom stereocenters. The summed E-state index contributed by atoms with van der Waals surface area (Å²) in [6, 6.07) is 9.30. The summed E-state index contributed by atoms with van der Waals surface area (Å²) in [4.78, 5) is 27.6. The second kappa shape index (κ2) is 8.51. The van der Waals surface area contributed by atoms with E-state index < -0.39 is 0 Å². The molecule has 6 nitrogen and oxygen atoms in total. The molecule has 1 aromatic rings. The predicted octanol–water partition coefficient (Wildman–Crippen LogP) is 0.488. The Kier molecular flexibility index (Phi) is 6.36. The number of morpholine rings is 1. The third kappa shape index (κ3) is 5.13. The molecule has 0 radical (unpaired) electrons. The molecule has 0 aliphatic carbocycles. The fraction of sp³-hybridized carbons (Fsp3) is 0.500. The van der Waals surface area contributed by atoms with Gasteiger partial charge in [0.05, 0.1) is 13.2 Å². The second-order valence-electron chi connectivity index (χ2n) is 5.27. The Labute approximate surface area is 131 Å². The van der Waals surface area contributed by atoms with E-state index in [4.69, 9.17) is 4.74 Å². The van der Waals surface area contributed by atoms with E-state index >= 15 is 0 Å². The molecule has 1 aliphatic heterocycles. The number of carbonyl (C=O) groups is 2. The standard InChI is InChI=1S/C16H23N3O3/c1-18(14-5-3-2-4-6-14)16(21)13-15(20)17-7-8-19-9-11-22-12-10-19/h2-6H,7-13H2,1H3,(H,17,20). The summed E-state index contributed by atoms with van der Waals surface area (Å²) in [6.07, 6.45) is -0.130. The van der Waals surface area contributed by atoms with Gasteiger partial charge in [-0.3, -0.25) is 14.5 Å². The number of benzene rings is 1. The van der Waals surface area contributed by atoms with Gasteiger partial charge in [-0.1, -0.05) is 18.2 Å². The van der Waals surface area contributed by atoms with Gasteiger partial charge in [-0.15, -0.1) is 0 Å². The van der Waals surface area contributed by atoms with Crippen LogP contribution in [0.4, 0.5) is 5.69 Å². The van der Waals surface area contributed by atoms with Crippen molar-refractivity contribution in [1.29, 1.82) is 0 Å². The molecule has 1 saturated heterocycles. The summed E-state index contributed by atoms with van der Waals surface area (Å²) in [5.41, 5.74) is 0.786. The molecular weight excluding hydrogens is 282 g/mol. The summed E-state index contributed by atoms with van der Waals surface area (Å²) in [5, 5.41) is 2.80. The summed E-state index contributed by atoms with van der Waals surface area (Å²) < 4.78 is 5.27. The number of amides is 2. The fourth-order valence-corrected chi connectivity index (χ4v) is 2.29. The maximum absolute atomic E-state index is 12.1. The zero-order valence-corrected chi connectivity index (χ0v) is 13.0. The number of carbonyl (C=O) groups excluding carboxylic acids is 2. The highest BCUT2D eigenvalue weighted by molar-refractivity contribution is 6.04. The Morgan fingerprint density at radius 3 is 2.59 bits per heavy atom. The molecule has 0 bridgehead atoms. The summed E-state index contributed by atoms with van der Waals surface area (Å²) in [6.45, 7) is 4.62. The quantitative estimate of drug-likeness (QED) is 0.777. The highest BCUT2D eigenvalue weighted by Crippen LogP contribution is 2.11. The molecule has 0 saturated carbocycles. The number of rotatable bonds is 6. The maximum atomic E-state index is 12.1. The average Bonchev–Trinajstić information content (AvgIpc) is 2.56. The smallest absolute Gasteiger partial charge is 0.236 e. The number of anilines is 1. The van der Waals surface area contributed by atoms with Crippen molar-refractivity contribution in [2.24, 2.45) is 0 Å². The number of nitrogens with one attached hydrogen (secondary N) is 1. The minimum atomic E-state index is -0.235. The van der Waals surface area contributed by atoms with E-state index in [-0.39, 0.29) is 18.2 Å². The largest absolute Gasteiger partial charge is 0.379 e. The second-order valence-corrected chi connectivity index (χ2v) is 5.27. The van der Waals surface area contributed by atoms with Gasteiger partial charge in [-0.05, 0) is 12.1 Å². The zero-order chi connectivity index (χ0) is 15.8. The summed E-state index contributed by atoms with van der Waals surface area (Å²) in [5.74, 6) is -0.448. The van der Waals surface area contributed by atoms with Crippen molar-refractivity contribution in [2.45, 2.75) is 6.42 Å². The van der Waals surface area contributed by atoms with Crippen LogP contribution in [0.3, 0.4) is 0 Å². The van der Waals surface area contributed by atoms with Crippen LogP contribution in [-0.2, 0) is 14.3 Å². The van der Waals surface area contributed by atoms with Gasteiger partial charge < -0.3 is 15.0 Å². The molecule has 0 aromatic heterocycles. The third-order valence-corrected chi connectivity index (χ3v) is 3.68. The van der Waals surface area contributed by atoms with Crippen LogP contribution in [0.1, 0.15) is 6.42 Å². The first-order chi connectivity index (χ1) is 10.7. The van der Waals surface area contributed by atoms with E-state index in [0.717, 1.165) is 38.5 Å². The number of hydrogen-bond donors (Lipinski definition) is 1. The molecule has 2 rings (SSSR count). The van der Waals surface area contributed by atoms with Crippen LogP contribution in [0, 0.1) is 0 Å². The third-order valence-electron chi connectivity index (χ3n) is 3.68. The van der Waals surface area contributed by atoms with Crippen LogP contribution in [0.2, 0.25) is 0 Å². The molecule has 1 aromatic carbocycles. The van der Waals surface area contributed by atoms with Gasteiger partial charge >= 0.3 is 0 Å². The number of ether oxygens (including phenoxy) is 1. The van der Waals surface area contributed by atoms with Gasteiger partial charge in [-0.25, -0.2) is 0 Å². The van der Waals surface area contributed by atoms with E-state index in [2.05, 4.69) is 10.2 Å². The van der Waals surface area contributed by atoms with Crippen molar-refractivity contribution in [1.82, 2.24) is 10.2 Å². The van der Waals surface area contributed by atoms with Crippen LogP contribution >= 0.6 is 0 Å². The molecule has 1 N–H and O–H groups in total. The number of nitrogens with zero attached hydrogens (tertiary/aromatic N) is 2. The highest BCUT2D eigenvalue weighted by Gasteiger charge is 2.15.